The number of nitrogens with zero attached hydrogens (tertiary/aromatic N) is 7. The summed E-state index contributed by atoms with van der Waals surface area (Å²) >= 11 is 0. The number of carbonyl (C=O) groups excluding carboxylic acids is 1. The number of aromatic nitrogens is 5. The fourth-order valence-corrected chi connectivity index (χ4v) is 5.46. The molecule has 3 aliphatic rings. The molecular weight excluding hydrogens is 621 g/mol. The summed E-state index contributed by atoms with van der Waals surface area (Å²) in [6, 6.07) is 3.82. The van der Waals surface area contributed by atoms with Gasteiger partial charge in [0.2, 0.25) is 5.95 Å². The van der Waals surface area contributed by atoms with E-state index in [4.69, 9.17) is 19.9 Å². The zero-order valence-corrected chi connectivity index (χ0v) is 26.3. The van der Waals surface area contributed by atoms with Gasteiger partial charge in [0.15, 0.2) is 29.8 Å². The number of rotatable bonds is 8. The van der Waals surface area contributed by atoms with E-state index in [1.54, 1.807) is 11.0 Å². The van der Waals surface area contributed by atoms with Crippen LogP contribution in [-0.2, 0) is 20.4 Å². The van der Waals surface area contributed by atoms with Gasteiger partial charge in [0, 0.05) is 44.6 Å². The second-order valence-electron chi connectivity index (χ2n) is 12.4. The van der Waals surface area contributed by atoms with Crippen molar-refractivity contribution >= 4 is 29.2 Å². The van der Waals surface area contributed by atoms with Crippen LogP contribution in [0.3, 0.4) is 0 Å². The molecule has 0 bridgehead atoms. The van der Waals surface area contributed by atoms with Crippen LogP contribution < -0.4 is 26.2 Å². The summed E-state index contributed by atoms with van der Waals surface area (Å²) in [5, 5.41) is 6.22. The minimum Gasteiger partial charge on any atom is -0.382 e. The molecule has 1 amide bonds. The van der Waals surface area contributed by atoms with Crippen molar-refractivity contribution in [1.29, 1.82) is 0 Å². The molecule has 0 aromatic carbocycles. The first-order chi connectivity index (χ1) is 22.4. The van der Waals surface area contributed by atoms with E-state index in [-0.39, 0.29) is 53.1 Å². The smallest absolute Gasteiger partial charge is 0.382 e. The van der Waals surface area contributed by atoms with Gasteiger partial charge in [-0.15, -0.1) is 0 Å². The Morgan fingerprint density at radius 2 is 1.77 bits per heavy atom. The Hall–Kier alpha value is -4.19. The highest BCUT2D eigenvalue weighted by molar-refractivity contribution is 6.06. The summed E-state index contributed by atoms with van der Waals surface area (Å²) in [6.45, 7) is 8.91. The van der Waals surface area contributed by atoms with Crippen molar-refractivity contribution in [2.24, 2.45) is 0 Å². The highest BCUT2D eigenvalue weighted by Gasteiger charge is 2.44. The number of pyridine rings is 1. The van der Waals surface area contributed by atoms with Gasteiger partial charge >= 0.3 is 6.18 Å². The van der Waals surface area contributed by atoms with E-state index < -0.39 is 23.3 Å². The lowest BCUT2D eigenvalue weighted by atomic mass is 10.0. The predicted molar refractivity (Wildman–Crippen MR) is 166 cm³/mol. The number of alkyl halides is 3. The third kappa shape index (κ3) is 7.86. The van der Waals surface area contributed by atoms with Crippen LogP contribution in [0.2, 0.25) is 0 Å². The Morgan fingerprint density at radius 3 is 2.47 bits per heavy atom. The lowest BCUT2D eigenvalue weighted by Gasteiger charge is -2.34. The molecule has 3 aromatic rings. The molecule has 47 heavy (non-hydrogen) atoms. The molecule has 6 heterocycles. The number of nitrogen functional groups attached to an aromatic ring is 1. The maximum atomic E-state index is 14.0. The standard InChI is InChI=1S/C30H37F3N10O4/c1-29(2,3)47-27-26(46-27)38-17-6-9-42(10-7-17)20-5-4-8-35-24(20)41-25(44)22-23(34)36-16-19(39-22)21-18(30(31,32)33)15-37-28(40-21)43-11-13-45-14-12-43/h4-5,8,15-17,26-27,38H,6-7,9-14H2,1-3H3,(H2,34,36)(H,35,41,44). The fourth-order valence-electron chi connectivity index (χ4n) is 5.46. The molecule has 0 spiro atoms. The Balaban J connectivity index is 1.17. The van der Waals surface area contributed by atoms with E-state index in [2.05, 4.69) is 40.5 Å². The van der Waals surface area contributed by atoms with Crippen LogP contribution >= 0.6 is 0 Å². The van der Waals surface area contributed by atoms with Gasteiger partial charge in [-0.3, -0.25) is 10.1 Å². The zero-order valence-electron chi connectivity index (χ0n) is 26.3. The van der Waals surface area contributed by atoms with Crippen molar-refractivity contribution in [1.82, 2.24) is 30.2 Å². The van der Waals surface area contributed by atoms with E-state index in [1.807, 2.05) is 26.8 Å². The quantitative estimate of drug-likeness (QED) is 0.302. The summed E-state index contributed by atoms with van der Waals surface area (Å²) in [5.74, 6) is -0.698. The van der Waals surface area contributed by atoms with Crippen molar-refractivity contribution in [3.8, 4) is 11.4 Å². The molecule has 2 unspecified atom stereocenters. The monoisotopic (exact) mass is 658 g/mol. The molecule has 3 fully saturated rings. The van der Waals surface area contributed by atoms with E-state index in [0.29, 0.717) is 51.3 Å². The normalized spacial score (nSPS) is 20.7. The van der Waals surface area contributed by atoms with Gasteiger partial charge in [-0.05, 0) is 45.7 Å². The molecule has 3 aromatic heterocycles. The Kier molecular flexibility index (Phi) is 9.15. The minimum atomic E-state index is -4.79. The topological polar surface area (TPSA) is 169 Å². The number of nitrogens with one attached hydrogen (secondary N) is 2. The molecule has 17 heteroatoms. The number of epoxide rings is 1. The lowest BCUT2D eigenvalue weighted by Crippen LogP contribution is -2.44. The Bertz CT molecular complexity index is 1590. The maximum absolute atomic E-state index is 14.0. The van der Waals surface area contributed by atoms with Gasteiger partial charge in [0.05, 0.1) is 30.7 Å². The second kappa shape index (κ2) is 13.1. The van der Waals surface area contributed by atoms with Crippen molar-refractivity contribution in [3.05, 3.63) is 42.0 Å². The molecule has 0 aliphatic carbocycles. The number of carbonyl (C=O) groups is 1. The van der Waals surface area contributed by atoms with Crippen molar-refractivity contribution in [2.45, 2.75) is 63.9 Å². The largest absolute Gasteiger partial charge is 0.420 e. The Morgan fingerprint density at radius 1 is 1.02 bits per heavy atom. The third-order valence-electron chi connectivity index (χ3n) is 7.81. The number of morpholine rings is 1. The van der Waals surface area contributed by atoms with Gasteiger partial charge in [0.25, 0.3) is 5.91 Å². The first-order valence-corrected chi connectivity index (χ1v) is 15.4. The predicted octanol–water partition coefficient (Wildman–Crippen LogP) is 3.07. The van der Waals surface area contributed by atoms with Gasteiger partial charge in [0.1, 0.15) is 17.0 Å². The fraction of sp³-hybridized carbons (Fsp3) is 0.533. The van der Waals surface area contributed by atoms with Gasteiger partial charge in [-0.1, -0.05) is 0 Å². The van der Waals surface area contributed by atoms with Crippen LogP contribution in [0.1, 0.15) is 49.7 Å². The molecule has 2 atom stereocenters. The van der Waals surface area contributed by atoms with Crippen LogP contribution in [0.5, 0.6) is 0 Å². The van der Waals surface area contributed by atoms with Crippen LogP contribution in [0.15, 0.2) is 30.7 Å². The second-order valence-corrected chi connectivity index (χ2v) is 12.4. The molecule has 0 saturated carbocycles. The first-order valence-electron chi connectivity index (χ1n) is 15.4. The molecule has 3 aliphatic heterocycles. The van der Waals surface area contributed by atoms with Crippen LogP contribution in [-0.4, -0.2) is 94.4 Å². The van der Waals surface area contributed by atoms with Gasteiger partial charge < -0.3 is 35.1 Å². The molecular formula is C30H37F3N10O4. The van der Waals surface area contributed by atoms with Crippen molar-refractivity contribution in [3.63, 3.8) is 0 Å². The third-order valence-corrected chi connectivity index (χ3v) is 7.81. The van der Waals surface area contributed by atoms with Crippen LogP contribution in [0, 0.1) is 0 Å². The summed E-state index contributed by atoms with van der Waals surface area (Å²) in [6.07, 6.45) is -0.257. The van der Waals surface area contributed by atoms with Gasteiger partial charge in [-0.25, -0.2) is 24.9 Å². The number of hydrogen-bond donors (Lipinski definition) is 3. The number of nitrogens with two attached hydrogens (primary N) is 1. The van der Waals surface area contributed by atoms with E-state index in [0.717, 1.165) is 19.0 Å². The summed E-state index contributed by atoms with van der Waals surface area (Å²) in [5.41, 5.74) is 4.13. The lowest BCUT2D eigenvalue weighted by molar-refractivity contribution is -0.137. The van der Waals surface area contributed by atoms with E-state index in [9.17, 15) is 18.0 Å². The summed E-state index contributed by atoms with van der Waals surface area (Å²) in [7, 11) is 0. The molecule has 6 rings (SSSR count). The number of piperidine rings is 1. The van der Waals surface area contributed by atoms with Crippen LogP contribution in [0.4, 0.5) is 36.4 Å². The highest BCUT2D eigenvalue weighted by atomic mass is 19.4. The first kappa shape index (κ1) is 32.7. The number of ether oxygens (including phenoxy) is 3. The molecule has 4 N–H and O–H groups in total. The van der Waals surface area contributed by atoms with Crippen molar-refractivity contribution in [2.75, 3.05) is 60.2 Å². The average Bonchev–Trinajstić information content (AvgIpc) is 3.76. The van der Waals surface area contributed by atoms with E-state index >= 15 is 0 Å². The molecule has 252 valence electrons. The Labute approximate surface area is 269 Å². The average molecular weight is 659 g/mol. The molecule has 3 saturated heterocycles. The summed E-state index contributed by atoms with van der Waals surface area (Å²) < 4.78 is 58.9. The number of anilines is 4. The molecule has 14 nitrogen and oxygen atoms in total. The number of halogens is 3. The van der Waals surface area contributed by atoms with Crippen LogP contribution in [0.25, 0.3) is 11.4 Å². The SMILES string of the molecule is CC(C)(C)OC1OC1NC1CCN(c2cccnc2NC(=O)c2nc(-c3nc(N4CCOCC4)ncc3C(F)(F)F)cnc2N)CC1. The maximum Gasteiger partial charge on any atom is 0.420 e. The minimum absolute atomic E-state index is 0.0840. The molecule has 0 radical (unpaired) electrons. The highest BCUT2D eigenvalue weighted by Crippen LogP contribution is 2.36. The van der Waals surface area contributed by atoms with E-state index in [1.165, 1.54) is 6.20 Å². The summed E-state index contributed by atoms with van der Waals surface area (Å²) in [4.78, 5) is 38.0. The number of hydrogen-bond acceptors (Lipinski definition) is 13. The van der Waals surface area contributed by atoms with Crippen molar-refractivity contribution < 1.29 is 32.2 Å². The number of amides is 1. The van der Waals surface area contributed by atoms with Gasteiger partial charge in [-0.2, -0.15) is 13.2 Å². The zero-order chi connectivity index (χ0) is 33.3.